The van der Waals surface area contributed by atoms with E-state index in [4.69, 9.17) is 0 Å². The maximum Gasteiger partial charge on any atom is 0.0946 e. The Morgan fingerprint density at radius 2 is 2.38 bits per heavy atom. The normalized spacial score (nSPS) is 12.9. The third kappa shape index (κ3) is 2.93. The molecule has 16 heavy (non-hydrogen) atoms. The predicted octanol–water partition coefficient (Wildman–Crippen LogP) is 0.795. The van der Waals surface area contributed by atoms with Crippen molar-refractivity contribution in [2.45, 2.75) is 26.1 Å². The number of aromatic nitrogens is 4. The number of rotatable bonds is 5. The summed E-state index contributed by atoms with van der Waals surface area (Å²) in [4.78, 5) is 4.02. The Kier molecular flexibility index (Phi) is 3.36. The zero-order valence-electron chi connectivity index (χ0n) is 9.67. The fourth-order valence-corrected chi connectivity index (χ4v) is 1.63. The second-order valence-corrected chi connectivity index (χ2v) is 4.06. The van der Waals surface area contributed by atoms with E-state index in [1.54, 1.807) is 6.20 Å². The highest BCUT2D eigenvalue weighted by molar-refractivity contribution is 5.02. The van der Waals surface area contributed by atoms with Crippen molar-refractivity contribution >= 4 is 0 Å². The zero-order chi connectivity index (χ0) is 11.4. The van der Waals surface area contributed by atoms with Gasteiger partial charge < -0.3 is 9.88 Å². The molecule has 0 spiro atoms. The highest BCUT2D eigenvalue weighted by atomic mass is 15.2. The number of imidazole rings is 1. The summed E-state index contributed by atoms with van der Waals surface area (Å²) in [5, 5.41) is 7.58. The van der Waals surface area contributed by atoms with Crippen molar-refractivity contribution < 1.29 is 0 Å². The molecular formula is C11H17N5. The van der Waals surface area contributed by atoms with Crippen LogP contribution in [0.25, 0.3) is 0 Å². The first kappa shape index (κ1) is 10.9. The summed E-state index contributed by atoms with van der Waals surface area (Å²) >= 11 is 0. The molecule has 0 saturated carbocycles. The summed E-state index contributed by atoms with van der Waals surface area (Å²) in [5.74, 6) is 0. The first-order valence-corrected chi connectivity index (χ1v) is 5.40. The second kappa shape index (κ2) is 4.94. The average Bonchev–Trinajstić information content (AvgIpc) is 2.87. The lowest BCUT2D eigenvalue weighted by Gasteiger charge is -2.13. The number of aryl methyl sites for hydroxylation is 1. The predicted molar refractivity (Wildman–Crippen MR) is 61.7 cm³/mol. The minimum Gasteiger partial charge on any atom is -0.336 e. The van der Waals surface area contributed by atoms with Crippen LogP contribution < -0.4 is 5.32 Å². The third-order valence-corrected chi connectivity index (χ3v) is 2.46. The molecule has 2 aromatic rings. The van der Waals surface area contributed by atoms with E-state index in [-0.39, 0.29) is 0 Å². The molecule has 1 N–H and O–H groups in total. The molecule has 86 valence electrons. The Hall–Kier alpha value is -1.62. The lowest BCUT2D eigenvalue weighted by atomic mass is 10.3. The SMILES string of the molecule is CC(Cn1ccnc1)NCc1cnn(C)c1. The maximum atomic E-state index is 4.13. The fraction of sp³-hybridized carbons (Fsp3) is 0.455. The van der Waals surface area contributed by atoms with E-state index < -0.39 is 0 Å². The summed E-state index contributed by atoms with van der Waals surface area (Å²) in [6, 6.07) is 0.411. The van der Waals surface area contributed by atoms with Crippen LogP contribution in [0.5, 0.6) is 0 Å². The number of nitrogens with zero attached hydrogens (tertiary/aromatic N) is 4. The molecule has 0 amide bonds. The van der Waals surface area contributed by atoms with Gasteiger partial charge in [-0.25, -0.2) is 4.98 Å². The van der Waals surface area contributed by atoms with Crippen LogP contribution in [0.15, 0.2) is 31.1 Å². The molecule has 2 aromatic heterocycles. The van der Waals surface area contributed by atoms with E-state index in [0.29, 0.717) is 6.04 Å². The van der Waals surface area contributed by atoms with Crippen LogP contribution in [0, 0.1) is 0 Å². The fourth-order valence-electron chi connectivity index (χ4n) is 1.63. The number of hydrogen-bond donors (Lipinski definition) is 1. The van der Waals surface area contributed by atoms with Gasteiger partial charge in [-0.3, -0.25) is 4.68 Å². The van der Waals surface area contributed by atoms with Crippen molar-refractivity contribution in [2.24, 2.45) is 7.05 Å². The van der Waals surface area contributed by atoms with Crippen molar-refractivity contribution in [3.05, 3.63) is 36.7 Å². The van der Waals surface area contributed by atoms with Crippen molar-refractivity contribution in [3.63, 3.8) is 0 Å². The summed E-state index contributed by atoms with van der Waals surface area (Å²) in [6.07, 6.45) is 9.52. The molecule has 0 aliphatic carbocycles. The summed E-state index contributed by atoms with van der Waals surface area (Å²) < 4.78 is 3.89. The Bertz CT molecular complexity index is 417. The highest BCUT2D eigenvalue weighted by Crippen LogP contribution is 1.97. The molecule has 1 unspecified atom stereocenters. The molecule has 0 bridgehead atoms. The van der Waals surface area contributed by atoms with E-state index in [1.807, 2.05) is 36.6 Å². The molecule has 0 saturated heterocycles. The van der Waals surface area contributed by atoms with Gasteiger partial charge in [0.2, 0.25) is 0 Å². The van der Waals surface area contributed by atoms with Gasteiger partial charge in [0.05, 0.1) is 12.5 Å². The molecule has 5 heteroatoms. The Balaban J connectivity index is 1.77. The molecule has 2 rings (SSSR count). The van der Waals surface area contributed by atoms with Crippen LogP contribution in [0.3, 0.4) is 0 Å². The van der Waals surface area contributed by atoms with Gasteiger partial charge >= 0.3 is 0 Å². The van der Waals surface area contributed by atoms with Gasteiger partial charge in [-0.05, 0) is 6.92 Å². The Morgan fingerprint density at radius 1 is 1.50 bits per heavy atom. The van der Waals surface area contributed by atoms with Gasteiger partial charge in [-0.15, -0.1) is 0 Å². The summed E-state index contributed by atoms with van der Waals surface area (Å²) in [6.45, 7) is 3.94. The van der Waals surface area contributed by atoms with Gasteiger partial charge in [-0.2, -0.15) is 5.10 Å². The molecule has 2 heterocycles. The molecular weight excluding hydrogens is 202 g/mol. The molecule has 0 radical (unpaired) electrons. The summed E-state index contributed by atoms with van der Waals surface area (Å²) in [7, 11) is 1.93. The smallest absolute Gasteiger partial charge is 0.0946 e. The van der Waals surface area contributed by atoms with E-state index in [9.17, 15) is 0 Å². The van der Waals surface area contributed by atoms with E-state index in [2.05, 4.69) is 26.9 Å². The largest absolute Gasteiger partial charge is 0.336 e. The molecule has 0 aliphatic rings. The van der Waals surface area contributed by atoms with Crippen LogP contribution in [0.2, 0.25) is 0 Å². The van der Waals surface area contributed by atoms with E-state index in [1.165, 1.54) is 5.56 Å². The van der Waals surface area contributed by atoms with E-state index >= 15 is 0 Å². The standard InChI is InChI=1S/C11H17N5/c1-10(7-16-4-3-12-9-16)13-5-11-6-14-15(2)8-11/h3-4,6,8-10,13H,5,7H2,1-2H3. The van der Waals surface area contributed by atoms with Gasteiger partial charge in [0.25, 0.3) is 0 Å². The average molecular weight is 219 g/mol. The lowest BCUT2D eigenvalue weighted by molar-refractivity contribution is 0.476. The van der Waals surface area contributed by atoms with Gasteiger partial charge in [0.1, 0.15) is 0 Å². The maximum absolute atomic E-state index is 4.13. The minimum atomic E-state index is 0.411. The first-order chi connectivity index (χ1) is 7.74. The van der Waals surface area contributed by atoms with Crippen molar-refractivity contribution in [2.75, 3.05) is 0 Å². The molecule has 1 atom stereocenters. The zero-order valence-corrected chi connectivity index (χ0v) is 9.67. The summed E-state index contributed by atoms with van der Waals surface area (Å²) in [5.41, 5.74) is 1.21. The van der Waals surface area contributed by atoms with Crippen LogP contribution in [-0.4, -0.2) is 25.4 Å². The Labute approximate surface area is 95.1 Å². The van der Waals surface area contributed by atoms with Crippen molar-refractivity contribution in [3.8, 4) is 0 Å². The molecule has 0 aliphatic heterocycles. The first-order valence-electron chi connectivity index (χ1n) is 5.40. The molecule has 0 aromatic carbocycles. The molecule has 0 fully saturated rings. The lowest BCUT2D eigenvalue weighted by Crippen LogP contribution is -2.29. The van der Waals surface area contributed by atoms with Crippen LogP contribution in [-0.2, 0) is 20.1 Å². The Morgan fingerprint density at radius 3 is 3.00 bits per heavy atom. The van der Waals surface area contributed by atoms with E-state index in [0.717, 1.165) is 13.1 Å². The number of hydrogen-bond acceptors (Lipinski definition) is 3. The quantitative estimate of drug-likeness (QED) is 0.809. The van der Waals surface area contributed by atoms with Crippen LogP contribution >= 0.6 is 0 Å². The van der Waals surface area contributed by atoms with Gasteiger partial charge in [0, 0.05) is 50.3 Å². The van der Waals surface area contributed by atoms with Gasteiger partial charge in [0.15, 0.2) is 0 Å². The minimum absolute atomic E-state index is 0.411. The van der Waals surface area contributed by atoms with Crippen molar-refractivity contribution in [1.82, 2.24) is 24.6 Å². The topological polar surface area (TPSA) is 47.7 Å². The molecule has 5 nitrogen and oxygen atoms in total. The van der Waals surface area contributed by atoms with Crippen LogP contribution in [0.1, 0.15) is 12.5 Å². The van der Waals surface area contributed by atoms with Crippen LogP contribution in [0.4, 0.5) is 0 Å². The second-order valence-electron chi connectivity index (χ2n) is 4.06. The highest BCUT2D eigenvalue weighted by Gasteiger charge is 2.03. The monoisotopic (exact) mass is 219 g/mol. The third-order valence-electron chi connectivity index (χ3n) is 2.46. The van der Waals surface area contributed by atoms with Crippen molar-refractivity contribution in [1.29, 1.82) is 0 Å². The number of nitrogens with one attached hydrogen (secondary N) is 1. The van der Waals surface area contributed by atoms with Gasteiger partial charge in [-0.1, -0.05) is 0 Å².